The molecule has 0 atom stereocenters. The van der Waals surface area contributed by atoms with Crippen LogP contribution in [-0.2, 0) is 6.54 Å². The highest BCUT2D eigenvalue weighted by molar-refractivity contribution is 6.09. The molecule has 0 spiro atoms. The fraction of sp³-hybridized carbons (Fsp3) is 0.167. The zero-order valence-electron chi connectivity index (χ0n) is 18.0. The van der Waals surface area contributed by atoms with Crippen LogP contribution in [0.3, 0.4) is 0 Å². The van der Waals surface area contributed by atoms with Gasteiger partial charge in [-0.15, -0.1) is 0 Å². The lowest BCUT2D eigenvalue weighted by Gasteiger charge is -2.09. The van der Waals surface area contributed by atoms with Crippen molar-refractivity contribution in [2.24, 2.45) is 4.99 Å². The molecule has 0 unspecified atom stereocenters. The van der Waals surface area contributed by atoms with Crippen molar-refractivity contribution >= 4 is 17.2 Å². The second-order valence-corrected chi connectivity index (χ2v) is 7.66. The topological polar surface area (TPSA) is 94.0 Å². The first kappa shape index (κ1) is 21.2. The monoisotopic (exact) mass is 429 g/mol. The molecule has 162 valence electrons. The quantitative estimate of drug-likeness (QED) is 0.544. The molecule has 0 radical (unpaired) electrons. The van der Waals surface area contributed by atoms with Gasteiger partial charge in [0.1, 0.15) is 11.5 Å². The Morgan fingerprint density at radius 3 is 2.81 bits per heavy atom. The molecule has 0 saturated carbocycles. The molecule has 0 aliphatic carbocycles. The Balaban J connectivity index is 1.67. The van der Waals surface area contributed by atoms with Gasteiger partial charge in [0.25, 0.3) is 0 Å². The fourth-order valence-corrected chi connectivity index (χ4v) is 3.35. The number of hydrogen-bond donors (Lipinski definition) is 2. The summed E-state index contributed by atoms with van der Waals surface area (Å²) in [5.41, 5.74) is 11.1. The number of benzene rings is 1. The first-order valence-corrected chi connectivity index (χ1v) is 10.2. The summed E-state index contributed by atoms with van der Waals surface area (Å²) in [6.45, 7) is 8.78. The molecule has 3 N–H and O–H groups in total. The number of aliphatic imine (C=N–C) groups is 1. The third-order valence-corrected chi connectivity index (χ3v) is 4.77. The number of anilines is 2. The summed E-state index contributed by atoms with van der Waals surface area (Å²) in [5.74, 6) is 0.366. The Morgan fingerprint density at radius 1 is 1.31 bits per heavy atom. The zero-order chi connectivity index (χ0) is 22.7. The zero-order valence-corrected chi connectivity index (χ0v) is 18.0. The summed E-state index contributed by atoms with van der Waals surface area (Å²) >= 11 is 0. The number of hydrogen-bond acceptors (Lipinski definition) is 6. The number of nitrogen functional groups attached to an aromatic ring is 1. The molecule has 0 saturated heterocycles. The van der Waals surface area contributed by atoms with Crippen molar-refractivity contribution in [2.45, 2.75) is 20.4 Å². The van der Waals surface area contributed by atoms with Gasteiger partial charge < -0.3 is 11.1 Å². The van der Waals surface area contributed by atoms with Crippen molar-refractivity contribution in [1.82, 2.24) is 19.7 Å². The lowest BCUT2D eigenvalue weighted by atomic mass is 10.2. The van der Waals surface area contributed by atoms with E-state index in [4.69, 9.17) is 5.73 Å². The Bertz CT molecular complexity index is 1260. The third kappa shape index (κ3) is 4.64. The predicted molar refractivity (Wildman–Crippen MR) is 126 cm³/mol. The van der Waals surface area contributed by atoms with E-state index in [1.165, 1.54) is 6.07 Å². The molecule has 1 aromatic carbocycles. The second-order valence-electron chi connectivity index (χ2n) is 7.66. The molecule has 0 amide bonds. The van der Waals surface area contributed by atoms with Crippen molar-refractivity contribution < 1.29 is 4.39 Å². The van der Waals surface area contributed by atoms with Crippen LogP contribution in [0.25, 0.3) is 11.5 Å². The highest BCUT2D eigenvalue weighted by Gasteiger charge is 2.18. The molecule has 0 fully saturated rings. The van der Waals surface area contributed by atoms with Crippen LogP contribution in [-0.4, -0.2) is 32.0 Å². The molecule has 2 aromatic heterocycles. The summed E-state index contributed by atoms with van der Waals surface area (Å²) in [7, 11) is 0. The fourth-order valence-electron chi connectivity index (χ4n) is 3.35. The summed E-state index contributed by atoms with van der Waals surface area (Å²) < 4.78 is 16.0. The molecular weight excluding hydrogens is 405 g/mol. The Hall–Kier alpha value is -4.07. The maximum atomic E-state index is 14.2. The number of nitrogens with one attached hydrogen (secondary N) is 1. The highest BCUT2D eigenvalue weighted by atomic mass is 19.1. The van der Waals surface area contributed by atoms with Crippen LogP contribution in [0.5, 0.6) is 0 Å². The van der Waals surface area contributed by atoms with Crippen LogP contribution in [0.2, 0.25) is 0 Å². The Morgan fingerprint density at radius 2 is 2.12 bits per heavy atom. The smallest absolute Gasteiger partial charge is 0.182 e. The largest absolute Gasteiger partial charge is 0.382 e. The van der Waals surface area contributed by atoms with Gasteiger partial charge in [-0.05, 0) is 38.1 Å². The van der Waals surface area contributed by atoms with Crippen LogP contribution < -0.4 is 11.1 Å². The van der Waals surface area contributed by atoms with Gasteiger partial charge in [-0.3, -0.25) is 9.67 Å². The Labute approximate surface area is 185 Å². The van der Waals surface area contributed by atoms with Crippen molar-refractivity contribution in [3.8, 4) is 11.5 Å². The molecule has 3 heterocycles. The van der Waals surface area contributed by atoms with Gasteiger partial charge in [-0.2, -0.15) is 5.10 Å². The van der Waals surface area contributed by atoms with Gasteiger partial charge in [0.2, 0.25) is 0 Å². The molecule has 4 rings (SSSR count). The van der Waals surface area contributed by atoms with Gasteiger partial charge in [0, 0.05) is 11.3 Å². The van der Waals surface area contributed by atoms with Crippen LogP contribution in [0.4, 0.5) is 15.9 Å². The summed E-state index contributed by atoms with van der Waals surface area (Å²) in [4.78, 5) is 13.3. The van der Waals surface area contributed by atoms with E-state index in [1.54, 1.807) is 29.1 Å². The highest BCUT2D eigenvalue weighted by Crippen LogP contribution is 2.24. The molecule has 3 aromatic rings. The lowest BCUT2D eigenvalue weighted by molar-refractivity contribution is 0.584. The van der Waals surface area contributed by atoms with E-state index in [-0.39, 0.29) is 18.2 Å². The number of aromatic nitrogens is 4. The van der Waals surface area contributed by atoms with Crippen molar-refractivity contribution in [3.05, 3.63) is 89.7 Å². The van der Waals surface area contributed by atoms with E-state index in [2.05, 4.69) is 32.0 Å². The first-order valence-electron chi connectivity index (χ1n) is 10.2. The first-order chi connectivity index (χ1) is 15.4. The minimum absolute atomic E-state index is 0.256. The van der Waals surface area contributed by atoms with E-state index < -0.39 is 0 Å². The second kappa shape index (κ2) is 8.97. The molecule has 1 aliphatic heterocycles. The van der Waals surface area contributed by atoms with Crippen LogP contribution in [0.1, 0.15) is 25.1 Å². The summed E-state index contributed by atoms with van der Waals surface area (Å²) in [6, 6.07) is 8.48. The predicted octanol–water partition coefficient (Wildman–Crippen LogP) is 4.36. The van der Waals surface area contributed by atoms with E-state index in [9.17, 15) is 4.39 Å². The van der Waals surface area contributed by atoms with Gasteiger partial charge in [-0.1, -0.05) is 36.4 Å². The molecular formula is C24H24FN7. The third-order valence-electron chi connectivity index (χ3n) is 4.77. The average molecular weight is 430 g/mol. The van der Waals surface area contributed by atoms with Gasteiger partial charge in [-0.25, -0.2) is 14.4 Å². The molecule has 0 bridgehead atoms. The summed E-state index contributed by atoms with van der Waals surface area (Å²) in [6.07, 6.45) is 7.39. The van der Waals surface area contributed by atoms with E-state index >= 15 is 0 Å². The van der Waals surface area contributed by atoms with Gasteiger partial charge in [0.15, 0.2) is 11.6 Å². The van der Waals surface area contributed by atoms with E-state index in [0.29, 0.717) is 35.0 Å². The van der Waals surface area contributed by atoms with E-state index in [0.717, 1.165) is 17.0 Å². The summed E-state index contributed by atoms with van der Waals surface area (Å²) in [5, 5.41) is 7.74. The minimum Gasteiger partial charge on any atom is -0.382 e. The SMILES string of the molecule is C=C(C=C(C)C)Nc1cnc(-c2cc(C3=NCC=C3)n(Cc3ccccc3F)n2)nc1N. The Kier molecular flexibility index (Phi) is 5.93. The average Bonchev–Trinajstić information content (AvgIpc) is 3.40. The lowest BCUT2D eigenvalue weighted by Crippen LogP contribution is -2.11. The standard InChI is InChI=1S/C24H24FN7/c1-15(2)11-16(3)29-21-13-28-24(30-23(21)26)20-12-22(19-9-6-10-27-19)32(31-20)14-17-7-4-5-8-18(17)25/h4-9,11-13,29H,3,10,14H2,1-2H3,(H2,26,28,30). The van der Waals surface area contributed by atoms with Crippen LogP contribution in [0.15, 0.2) is 77.6 Å². The maximum absolute atomic E-state index is 14.2. The molecule has 8 heteroatoms. The van der Waals surface area contributed by atoms with Crippen LogP contribution in [0, 0.1) is 5.82 Å². The van der Waals surface area contributed by atoms with Gasteiger partial charge >= 0.3 is 0 Å². The molecule has 1 aliphatic rings. The number of nitrogens with zero attached hydrogens (tertiary/aromatic N) is 5. The number of allylic oxidation sites excluding steroid dienone is 3. The molecule has 7 nitrogen and oxygen atoms in total. The number of nitrogens with two attached hydrogens (primary N) is 1. The van der Waals surface area contributed by atoms with Crippen molar-refractivity contribution in [2.75, 3.05) is 17.6 Å². The van der Waals surface area contributed by atoms with E-state index in [1.807, 2.05) is 38.1 Å². The maximum Gasteiger partial charge on any atom is 0.182 e. The van der Waals surface area contributed by atoms with Crippen molar-refractivity contribution in [3.63, 3.8) is 0 Å². The number of halogens is 1. The minimum atomic E-state index is -0.285. The van der Waals surface area contributed by atoms with Crippen molar-refractivity contribution in [1.29, 1.82) is 0 Å². The normalized spacial score (nSPS) is 12.5. The van der Waals surface area contributed by atoms with Gasteiger partial charge in [0.05, 0.1) is 36.4 Å². The number of rotatable bonds is 7. The van der Waals surface area contributed by atoms with Crippen LogP contribution >= 0.6 is 0 Å². The molecule has 32 heavy (non-hydrogen) atoms.